The summed E-state index contributed by atoms with van der Waals surface area (Å²) in [6.07, 6.45) is 44.0. The number of rotatable bonds is 10. The molecule has 0 spiro atoms. The lowest BCUT2D eigenvalue weighted by molar-refractivity contribution is 0.134. The van der Waals surface area contributed by atoms with Gasteiger partial charge in [0.15, 0.2) is 0 Å². The second-order valence-electron chi connectivity index (χ2n) is 18.8. The summed E-state index contributed by atoms with van der Waals surface area (Å²) in [5, 5.41) is 0.0143. The smallest absolute Gasteiger partial charge is 0.0688 e. The summed E-state index contributed by atoms with van der Waals surface area (Å²) in [7, 11) is 16.0. The van der Waals surface area contributed by atoms with Crippen LogP contribution in [0.25, 0.3) is 0 Å². The molecule has 0 bridgehead atoms. The van der Waals surface area contributed by atoms with Crippen molar-refractivity contribution in [2.24, 2.45) is 11.3 Å². The Morgan fingerprint density at radius 3 is 1.25 bits per heavy atom. The Bertz CT molecular complexity index is 821. The van der Waals surface area contributed by atoms with Gasteiger partial charge in [-0.1, -0.05) is 254 Å². The van der Waals surface area contributed by atoms with Crippen molar-refractivity contribution in [3.8, 4) is 0 Å². The second kappa shape index (κ2) is 22.4. The predicted octanol–water partition coefficient (Wildman–Crippen LogP) is 15.0. The van der Waals surface area contributed by atoms with Crippen LogP contribution in [0.5, 0.6) is 0 Å². The van der Waals surface area contributed by atoms with Gasteiger partial charge in [0.1, 0.15) is 21.8 Å². The first kappa shape index (κ1) is 41.0. The lowest BCUT2D eigenvalue weighted by Crippen LogP contribution is -2.27. The molecule has 0 aromatic carbocycles. The largest absolute Gasteiger partial charge is 0.117 e. The molecule has 269 valence electrons. The summed E-state index contributed by atoms with van der Waals surface area (Å²) in [6.45, 7) is 9.94. The molecule has 0 aromatic heterocycles. The molecule has 7 atom stereocenters. The van der Waals surface area contributed by atoms with Crippen molar-refractivity contribution in [3.63, 3.8) is 0 Å². The highest BCUT2D eigenvalue weighted by Crippen LogP contribution is 2.51. The van der Waals surface area contributed by atoms with E-state index in [-0.39, 0.29) is 5.31 Å². The quantitative estimate of drug-likeness (QED) is 0.206. The third-order valence-corrected chi connectivity index (χ3v) is 14.9. The minimum absolute atomic E-state index is 0.0143. The van der Waals surface area contributed by atoms with Crippen molar-refractivity contribution in [2.75, 3.05) is 0 Å². The number of hydrogen-bond acceptors (Lipinski definition) is 0. The van der Waals surface area contributed by atoms with Crippen molar-refractivity contribution < 1.29 is 0 Å². The fraction of sp³-hybridized carbons (Fsp3) is 1.00. The summed E-state index contributed by atoms with van der Waals surface area (Å²) in [6, 6.07) is 0. The van der Waals surface area contributed by atoms with Crippen LogP contribution >= 0.6 is 0 Å². The minimum Gasteiger partial charge on any atom is -0.0688 e. The fourth-order valence-electron chi connectivity index (χ4n) is 11.8. The highest BCUT2D eigenvalue weighted by molar-refractivity contribution is 6.41. The zero-order valence-corrected chi connectivity index (χ0v) is 33.3. The van der Waals surface area contributed by atoms with Crippen molar-refractivity contribution in [3.05, 3.63) is 0 Å². The SMILES string of the molecule is [B]C1(CC)CC([B]C2CCCCC([B]C3CCCCCCC3)CCC2)CCCC([B]C2CCCCCCC(C)(C(CC)CC)CCC2)C1. The topological polar surface area (TPSA) is 0 Å². The van der Waals surface area contributed by atoms with Crippen molar-refractivity contribution in [2.45, 2.75) is 267 Å². The Kier molecular flexibility index (Phi) is 19.1. The van der Waals surface area contributed by atoms with Gasteiger partial charge >= 0.3 is 0 Å². The van der Waals surface area contributed by atoms with Gasteiger partial charge in [0, 0.05) is 0 Å². The van der Waals surface area contributed by atoms with Gasteiger partial charge < -0.3 is 0 Å². The molecule has 4 rings (SSSR count). The van der Waals surface area contributed by atoms with Crippen LogP contribution < -0.4 is 0 Å². The van der Waals surface area contributed by atoms with Gasteiger partial charge in [-0.25, -0.2) is 0 Å². The van der Waals surface area contributed by atoms with Crippen LogP contribution in [0.2, 0.25) is 40.2 Å². The van der Waals surface area contributed by atoms with Gasteiger partial charge in [0.2, 0.25) is 0 Å². The Balaban J connectivity index is 1.26. The van der Waals surface area contributed by atoms with Gasteiger partial charge in [-0.05, 0) is 24.2 Å². The molecule has 7 unspecified atom stereocenters. The predicted molar refractivity (Wildman–Crippen MR) is 220 cm³/mol. The van der Waals surface area contributed by atoms with E-state index in [2.05, 4.69) is 49.5 Å². The summed E-state index contributed by atoms with van der Waals surface area (Å²) in [5.41, 5.74) is 0.558. The summed E-state index contributed by atoms with van der Waals surface area (Å²) < 4.78 is 0. The fourth-order valence-corrected chi connectivity index (χ4v) is 11.8. The molecule has 0 N–H and O–H groups in total. The molecule has 0 amide bonds. The molecule has 0 saturated heterocycles. The molecule has 4 aliphatic rings. The van der Waals surface area contributed by atoms with Crippen LogP contribution in [0.4, 0.5) is 0 Å². The zero-order valence-electron chi connectivity index (χ0n) is 33.3. The molecule has 0 heterocycles. The third-order valence-electron chi connectivity index (χ3n) is 14.9. The summed E-state index contributed by atoms with van der Waals surface area (Å²) in [4.78, 5) is 0. The van der Waals surface area contributed by atoms with Gasteiger partial charge in [0.25, 0.3) is 0 Å². The van der Waals surface area contributed by atoms with Crippen molar-refractivity contribution >= 4 is 29.7 Å². The second-order valence-corrected chi connectivity index (χ2v) is 18.8. The third kappa shape index (κ3) is 14.4. The lowest BCUT2D eigenvalue weighted by atomic mass is 9.41. The van der Waals surface area contributed by atoms with E-state index in [1.165, 1.54) is 193 Å². The molecule has 4 saturated carbocycles. The van der Waals surface area contributed by atoms with Crippen LogP contribution in [0.15, 0.2) is 0 Å². The van der Waals surface area contributed by atoms with E-state index in [9.17, 15) is 0 Å². The first-order chi connectivity index (χ1) is 23.3. The molecule has 4 aliphatic carbocycles. The highest BCUT2D eigenvalue weighted by Gasteiger charge is 2.35. The van der Waals surface area contributed by atoms with Crippen LogP contribution in [0, 0.1) is 11.3 Å². The van der Waals surface area contributed by atoms with E-state index in [0.717, 1.165) is 47.2 Å². The maximum absolute atomic E-state index is 7.41. The summed E-state index contributed by atoms with van der Waals surface area (Å²) in [5.74, 6) is 5.82. The van der Waals surface area contributed by atoms with Crippen LogP contribution in [0.3, 0.4) is 0 Å². The Labute approximate surface area is 307 Å². The van der Waals surface area contributed by atoms with Gasteiger partial charge in [-0.15, -0.1) is 0 Å². The van der Waals surface area contributed by atoms with E-state index in [4.69, 9.17) is 7.85 Å². The van der Waals surface area contributed by atoms with Gasteiger partial charge in [-0.3, -0.25) is 0 Å². The molecule has 4 heteroatoms. The van der Waals surface area contributed by atoms with Crippen LogP contribution in [-0.2, 0) is 0 Å². The Morgan fingerprint density at radius 1 is 0.458 bits per heavy atom. The average Bonchev–Trinajstić information content (AvgIpc) is 3.12. The van der Waals surface area contributed by atoms with Crippen LogP contribution in [0.1, 0.15) is 227 Å². The molecular weight excluding hydrogens is 572 g/mol. The Hall–Kier alpha value is 0.260. The molecule has 48 heavy (non-hydrogen) atoms. The first-order valence-electron chi connectivity index (χ1n) is 22.7. The molecular formula is C44H81B4. The molecule has 4 fully saturated rings. The van der Waals surface area contributed by atoms with Crippen molar-refractivity contribution in [1.29, 1.82) is 0 Å². The maximum atomic E-state index is 7.41. The van der Waals surface area contributed by atoms with Gasteiger partial charge in [0.05, 0.1) is 7.85 Å². The van der Waals surface area contributed by atoms with E-state index in [1.807, 2.05) is 0 Å². The molecule has 0 nitrogen and oxygen atoms in total. The summed E-state index contributed by atoms with van der Waals surface area (Å²) >= 11 is 0. The molecule has 0 aromatic rings. The normalized spacial score (nSPS) is 36.5. The number of hydrogen-bond donors (Lipinski definition) is 0. The minimum atomic E-state index is 0.0143. The van der Waals surface area contributed by atoms with E-state index < -0.39 is 0 Å². The van der Waals surface area contributed by atoms with Crippen LogP contribution in [-0.4, -0.2) is 29.7 Å². The monoisotopic (exact) mass is 654 g/mol. The van der Waals surface area contributed by atoms with E-state index >= 15 is 0 Å². The van der Waals surface area contributed by atoms with E-state index in [0.29, 0.717) is 5.41 Å². The van der Waals surface area contributed by atoms with Gasteiger partial charge in [-0.2, -0.15) is 0 Å². The van der Waals surface area contributed by atoms with E-state index in [1.54, 1.807) is 0 Å². The Morgan fingerprint density at radius 2 is 0.792 bits per heavy atom. The maximum Gasteiger partial charge on any atom is 0.117 e. The highest BCUT2D eigenvalue weighted by atomic mass is 14.4. The standard InChI is InChI=1S/C44H81B4/c1-5-36(6-2)43(4)32-18-12-11-15-24-40(31-21-33-43)48-42-30-20-29-41(34-44(45,7-3)35-42)47-39-26-17-16-25-38(27-19-28-39)46-37-22-13-9-8-10-14-23-37/h36-42H,5-35H2,1-4H3. The zero-order chi connectivity index (χ0) is 34.1. The molecule has 0 aliphatic heterocycles. The lowest BCUT2D eigenvalue weighted by Gasteiger charge is -2.40. The van der Waals surface area contributed by atoms with Crippen molar-refractivity contribution in [1.82, 2.24) is 0 Å². The average molecular weight is 653 g/mol. The molecule has 5 radical (unpaired) electrons. The first-order valence-corrected chi connectivity index (χ1v) is 22.7.